The van der Waals surface area contributed by atoms with Gasteiger partial charge in [0.15, 0.2) is 6.04 Å². The molecule has 0 aliphatic carbocycles. The highest BCUT2D eigenvalue weighted by Crippen LogP contribution is 2.20. The van der Waals surface area contributed by atoms with Crippen molar-refractivity contribution < 1.29 is 9.53 Å². The van der Waals surface area contributed by atoms with E-state index in [1.807, 2.05) is 7.05 Å². The number of hydrogen-bond acceptors (Lipinski definition) is 5. The summed E-state index contributed by atoms with van der Waals surface area (Å²) in [6.07, 6.45) is 0.897. The maximum absolute atomic E-state index is 11.1. The summed E-state index contributed by atoms with van der Waals surface area (Å²) < 4.78 is 4.61. The smallest absolute Gasteiger partial charge is 0.331 e. The highest BCUT2D eigenvalue weighted by molar-refractivity contribution is 8.14. The van der Waals surface area contributed by atoms with Crippen LogP contribution in [0.1, 0.15) is 6.42 Å². The summed E-state index contributed by atoms with van der Waals surface area (Å²) in [6, 6.07) is -0.276. The van der Waals surface area contributed by atoms with Crippen LogP contribution in [-0.4, -0.2) is 43.5 Å². The summed E-state index contributed by atoms with van der Waals surface area (Å²) in [5.41, 5.74) is 0. The lowest BCUT2D eigenvalue weighted by atomic mass is 10.3. The number of thioether (sulfide) groups is 1. The minimum absolute atomic E-state index is 0.230. The zero-order valence-corrected chi connectivity index (χ0v) is 8.69. The van der Waals surface area contributed by atoms with E-state index in [4.69, 9.17) is 0 Å². The fourth-order valence-electron chi connectivity index (χ4n) is 1.05. The molecule has 1 atom stereocenters. The van der Waals surface area contributed by atoms with Crippen LogP contribution in [0, 0.1) is 0 Å². The third kappa shape index (κ3) is 3.00. The van der Waals surface area contributed by atoms with Crippen LogP contribution in [0.15, 0.2) is 4.99 Å². The van der Waals surface area contributed by atoms with Crippen LogP contribution in [0.5, 0.6) is 0 Å². The highest BCUT2D eigenvalue weighted by atomic mass is 32.2. The Kier molecular flexibility index (Phi) is 4.24. The molecule has 0 amide bonds. The average Bonchev–Trinajstić information content (AvgIpc) is 2.62. The van der Waals surface area contributed by atoms with Crippen LogP contribution in [0.3, 0.4) is 0 Å². The van der Waals surface area contributed by atoms with Gasteiger partial charge in [-0.05, 0) is 7.05 Å². The first-order valence-electron chi connectivity index (χ1n) is 4.20. The van der Waals surface area contributed by atoms with Crippen molar-refractivity contribution in [2.45, 2.75) is 12.5 Å². The van der Waals surface area contributed by atoms with Crippen molar-refractivity contribution in [1.82, 2.24) is 5.32 Å². The van der Waals surface area contributed by atoms with E-state index in [9.17, 15) is 4.79 Å². The molecule has 13 heavy (non-hydrogen) atoms. The van der Waals surface area contributed by atoms with Gasteiger partial charge >= 0.3 is 5.97 Å². The minimum Gasteiger partial charge on any atom is -0.467 e. The quantitative estimate of drug-likeness (QED) is 0.665. The van der Waals surface area contributed by atoms with Crippen molar-refractivity contribution >= 4 is 22.8 Å². The van der Waals surface area contributed by atoms with E-state index in [2.05, 4.69) is 15.0 Å². The first kappa shape index (κ1) is 10.5. The first-order valence-corrected chi connectivity index (χ1v) is 5.18. The molecule has 1 unspecified atom stereocenters. The van der Waals surface area contributed by atoms with Gasteiger partial charge in [-0.2, -0.15) is 0 Å². The maximum atomic E-state index is 11.1. The Bertz CT molecular complexity index is 218. The van der Waals surface area contributed by atoms with Gasteiger partial charge in [0, 0.05) is 18.7 Å². The number of nitrogens with one attached hydrogen (secondary N) is 1. The lowest BCUT2D eigenvalue weighted by molar-refractivity contribution is -0.141. The molecule has 5 heteroatoms. The fourth-order valence-corrected chi connectivity index (χ4v) is 2.06. The molecular formula is C8H14N2O2S. The monoisotopic (exact) mass is 202 g/mol. The summed E-state index contributed by atoms with van der Waals surface area (Å²) in [6.45, 7) is 0.903. The standard InChI is InChI=1S/C8H14N2O2S/c1-9-4-3-7-10-6(5-13-7)8(11)12-2/h6,9H,3-5H2,1-2H3. The van der Waals surface area contributed by atoms with Gasteiger partial charge in [0.2, 0.25) is 0 Å². The summed E-state index contributed by atoms with van der Waals surface area (Å²) in [7, 11) is 3.30. The molecule has 0 fully saturated rings. The number of rotatable bonds is 4. The molecule has 1 rings (SSSR count). The zero-order chi connectivity index (χ0) is 9.68. The zero-order valence-electron chi connectivity index (χ0n) is 7.87. The SMILES string of the molecule is CNCCC1=NC(C(=O)OC)CS1. The van der Waals surface area contributed by atoms with Crippen molar-refractivity contribution in [3.05, 3.63) is 0 Å². The second-order valence-corrected chi connectivity index (χ2v) is 3.82. The molecule has 0 radical (unpaired) electrons. The van der Waals surface area contributed by atoms with Gasteiger partial charge in [-0.3, -0.25) is 4.99 Å². The van der Waals surface area contributed by atoms with Gasteiger partial charge in [-0.15, -0.1) is 11.8 Å². The minimum atomic E-state index is -0.276. The number of carbonyl (C=O) groups is 1. The molecule has 1 aliphatic heterocycles. The van der Waals surface area contributed by atoms with Crippen LogP contribution in [-0.2, 0) is 9.53 Å². The summed E-state index contributed by atoms with van der Waals surface area (Å²) in [5.74, 6) is 0.498. The topological polar surface area (TPSA) is 50.7 Å². The molecule has 0 saturated heterocycles. The van der Waals surface area contributed by atoms with Gasteiger partial charge in [-0.25, -0.2) is 4.79 Å². The molecule has 0 bridgehead atoms. The number of aliphatic imine (C=N–C) groups is 1. The Morgan fingerprint density at radius 3 is 3.23 bits per heavy atom. The molecule has 0 aromatic carbocycles. The van der Waals surface area contributed by atoms with Crippen LogP contribution in [0.2, 0.25) is 0 Å². The van der Waals surface area contributed by atoms with Crippen molar-refractivity contribution in [3.63, 3.8) is 0 Å². The molecule has 1 heterocycles. The largest absolute Gasteiger partial charge is 0.467 e. The number of ether oxygens (including phenoxy) is 1. The van der Waals surface area contributed by atoms with E-state index >= 15 is 0 Å². The van der Waals surface area contributed by atoms with Gasteiger partial charge in [0.25, 0.3) is 0 Å². The number of hydrogen-bond donors (Lipinski definition) is 1. The molecule has 0 aromatic rings. The second-order valence-electron chi connectivity index (χ2n) is 2.73. The maximum Gasteiger partial charge on any atom is 0.331 e. The highest BCUT2D eigenvalue weighted by Gasteiger charge is 2.24. The van der Waals surface area contributed by atoms with E-state index in [-0.39, 0.29) is 12.0 Å². The third-order valence-corrected chi connectivity index (χ3v) is 2.89. The summed E-state index contributed by atoms with van der Waals surface area (Å²) in [5, 5.41) is 4.09. The molecule has 0 aromatic heterocycles. The Morgan fingerprint density at radius 1 is 1.85 bits per heavy atom. The van der Waals surface area contributed by atoms with E-state index in [1.54, 1.807) is 11.8 Å². The van der Waals surface area contributed by atoms with Gasteiger partial charge < -0.3 is 10.1 Å². The number of carbonyl (C=O) groups excluding carboxylic acids is 1. The first-order chi connectivity index (χ1) is 6.27. The van der Waals surface area contributed by atoms with Crippen molar-refractivity contribution in [2.75, 3.05) is 26.5 Å². The normalized spacial score (nSPS) is 21.4. The molecule has 0 saturated carbocycles. The van der Waals surface area contributed by atoms with Gasteiger partial charge in [0.05, 0.1) is 12.2 Å². The van der Waals surface area contributed by atoms with E-state index in [0.717, 1.165) is 23.8 Å². The lowest BCUT2D eigenvalue weighted by Gasteiger charge is -2.00. The number of nitrogens with zero attached hydrogens (tertiary/aromatic N) is 1. The molecule has 74 valence electrons. The van der Waals surface area contributed by atoms with Crippen molar-refractivity contribution in [2.24, 2.45) is 4.99 Å². The average molecular weight is 202 g/mol. The van der Waals surface area contributed by atoms with Crippen molar-refractivity contribution in [1.29, 1.82) is 0 Å². The summed E-state index contributed by atoms with van der Waals surface area (Å²) in [4.78, 5) is 15.3. The van der Waals surface area contributed by atoms with Gasteiger partial charge in [0.1, 0.15) is 0 Å². The Labute approximate surface area is 82.1 Å². The van der Waals surface area contributed by atoms with E-state index in [1.165, 1.54) is 7.11 Å². The van der Waals surface area contributed by atoms with E-state index in [0.29, 0.717) is 0 Å². The van der Waals surface area contributed by atoms with Crippen LogP contribution >= 0.6 is 11.8 Å². The Hall–Kier alpha value is -0.550. The lowest BCUT2D eigenvalue weighted by Crippen LogP contribution is -2.19. The predicted octanol–water partition coefficient (Wildman–Crippen LogP) is 0.283. The summed E-state index contributed by atoms with van der Waals surface area (Å²) >= 11 is 1.64. The molecule has 1 N–H and O–H groups in total. The second kappa shape index (κ2) is 5.24. The molecule has 1 aliphatic rings. The van der Waals surface area contributed by atoms with Crippen molar-refractivity contribution in [3.8, 4) is 0 Å². The van der Waals surface area contributed by atoms with E-state index < -0.39 is 0 Å². The molecular weight excluding hydrogens is 188 g/mol. The molecule has 4 nitrogen and oxygen atoms in total. The number of esters is 1. The Balaban J connectivity index is 2.39. The number of methoxy groups -OCH3 is 1. The third-order valence-electron chi connectivity index (χ3n) is 1.77. The van der Waals surface area contributed by atoms with Gasteiger partial charge in [-0.1, -0.05) is 0 Å². The van der Waals surface area contributed by atoms with Crippen LogP contribution < -0.4 is 5.32 Å². The molecule has 0 spiro atoms. The predicted molar refractivity (Wildman–Crippen MR) is 54.2 cm³/mol. The Morgan fingerprint density at radius 2 is 2.62 bits per heavy atom. The fraction of sp³-hybridized carbons (Fsp3) is 0.750. The van der Waals surface area contributed by atoms with Crippen LogP contribution in [0.25, 0.3) is 0 Å². The van der Waals surface area contributed by atoms with Crippen LogP contribution in [0.4, 0.5) is 0 Å².